The van der Waals surface area contributed by atoms with Crippen molar-refractivity contribution in [3.05, 3.63) is 61.8 Å². The molecule has 5 rings (SSSR count). The molecule has 2 amide bonds. The molecule has 1 aliphatic carbocycles. The maximum Gasteiger partial charge on any atom is 0.292 e. The lowest BCUT2D eigenvalue weighted by molar-refractivity contribution is 0.0941. The number of amides is 2. The molecule has 2 N–H and O–H groups in total. The normalized spacial score (nSPS) is 21.0. The summed E-state index contributed by atoms with van der Waals surface area (Å²) >= 11 is 1.35. The number of anilines is 1. The van der Waals surface area contributed by atoms with Crippen LogP contribution in [0.25, 0.3) is 11.0 Å². The van der Waals surface area contributed by atoms with E-state index in [9.17, 15) is 22.8 Å². The number of carbonyl (C=O) groups excluding carboxylic acids is 2. The Kier molecular flexibility index (Phi) is 6.04. The number of fused-ring (bicyclic) bond motifs is 2. The highest BCUT2D eigenvalue weighted by molar-refractivity contribution is 7.91. The number of nitrogens with one attached hydrogen (secondary N) is 2. The molecule has 0 radical (unpaired) electrons. The number of aryl methyl sites for hydroxylation is 1. The lowest BCUT2D eigenvalue weighted by Crippen LogP contribution is -2.36. The van der Waals surface area contributed by atoms with Gasteiger partial charge < -0.3 is 15.1 Å². The molecule has 2 atom stereocenters. The van der Waals surface area contributed by atoms with Crippen molar-refractivity contribution >= 4 is 49.0 Å². The third kappa shape index (κ3) is 4.64. The Morgan fingerprint density at radius 2 is 1.97 bits per heavy atom. The molecule has 2 unspecified atom stereocenters. The first-order valence-electron chi connectivity index (χ1n) is 11.6. The van der Waals surface area contributed by atoms with Crippen LogP contribution in [0.4, 0.5) is 5.00 Å². The molecule has 184 valence electrons. The zero-order valence-electron chi connectivity index (χ0n) is 19.5. The van der Waals surface area contributed by atoms with Crippen LogP contribution in [0.5, 0.6) is 0 Å². The summed E-state index contributed by atoms with van der Waals surface area (Å²) < 4.78 is 29.5. The predicted molar refractivity (Wildman–Crippen MR) is 135 cm³/mol. The summed E-state index contributed by atoms with van der Waals surface area (Å²) in [5, 5.41) is 6.44. The van der Waals surface area contributed by atoms with Gasteiger partial charge in [0.25, 0.3) is 11.8 Å². The molecule has 2 aromatic heterocycles. The quantitative estimate of drug-likeness (QED) is 0.550. The number of benzene rings is 1. The maximum atomic E-state index is 13.3. The van der Waals surface area contributed by atoms with Crippen molar-refractivity contribution in [2.24, 2.45) is 5.92 Å². The van der Waals surface area contributed by atoms with Crippen molar-refractivity contribution in [2.45, 2.75) is 45.6 Å². The SMILES string of the molecule is Cc1cccc2c(=O)cc(C(=O)Nc3sc4c(c3C(=O)NC3CCS(=O)(=O)C3)CCC(C)C4)oc12. The van der Waals surface area contributed by atoms with E-state index in [0.29, 0.717) is 40.3 Å². The number of hydrogen-bond donors (Lipinski definition) is 2. The van der Waals surface area contributed by atoms with Crippen LogP contribution in [0.1, 0.15) is 56.7 Å². The van der Waals surface area contributed by atoms with Gasteiger partial charge in [-0.3, -0.25) is 14.4 Å². The van der Waals surface area contributed by atoms with Gasteiger partial charge in [0.2, 0.25) is 0 Å². The Labute approximate surface area is 206 Å². The largest absolute Gasteiger partial charge is 0.450 e. The second-order valence-corrected chi connectivity index (χ2v) is 12.8. The number of sulfone groups is 1. The van der Waals surface area contributed by atoms with Crippen LogP contribution < -0.4 is 16.1 Å². The topological polar surface area (TPSA) is 123 Å². The van der Waals surface area contributed by atoms with Crippen LogP contribution in [0.15, 0.2) is 33.5 Å². The molecule has 8 nitrogen and oxygen atoms in total. The monoisotopic (exact) mass is 514 g/mol. The highest BCUT2D eigenvalue weighted by Gasteiger charge is 2.33. The lowest BCUT2D eigenvalue weighted by Gasteiger charge is -2.19. The standard InChI is InChI=1S/C25H26N2O6S2/c1-13-6-7-17-20(10-13)34-25(21(17)24(30)26-15-8-9-35(31,32)12-15)27-23(29)19-11-18(28)16-5-3-4-14(2)22(16)33-19/h3-5,11,13,15H,6-10,12H2,1-2H3,(H,26,30)(H,27,29). The van der Waals surface area contributed by atoms with Crippen LogP contribution in [0, 0.1) is 12.8 Å². The molecule has 10 heteroatoms. The fraction of sp³-hybridized carbons (Fsp3) is 0.400. The van der Waals surface area contributed by atoms with E-state index in [0.717, 1.165) is 34.9 Å². The van der Waals surface area contributed by atoms with E-state index in [1.54, 1.807) is 25.1 Å². The molecular formula is C25H26N2O6S2. The van der Waals surface area contributed by atoms with Gasteiger partial charge in [0.15, 0.2) is 21.0 Å². The first kappa shape index (κ1) is 23.7. The van der Waals surface area contributed by atoms with Gasteiger partial charge in [0.1, 0.15) is 10.6 Å². The Morgan fingerprint density at radius 1 is 1.17 bits per heavy atom. The molecule has 1 aromatic carbocycles. The number of carbonyl (C=O) groups is 2. The first-order chi connectivity index (χ1) is 16.6. The van der Waals surface area contributed by atoms with Gasteiger partial charge in [-0.2, -0.15) is 0 Å². The van der Waals surface area contributed by atoms with Crippen molar-refractivity contribution < 1.29 is 22.4 Å². The van der Waals surface area contributed by atoms with Gasteiger partial charge in [-0.05, 0) is 55.7 Å². The van der Waals surface area contributed by atoms with E-state index in [1.165, 1.54) is 11.3 Å². The number of hydrogen-bond acceptors (Lipinski definition) is 7. The molecule has 1 fully saturated rings. The maximum absolute atomic E-state index is 13.3. The van der Waals surface area contributed by atoms with Crippen LogP contribution in [-0.4, -0.2) is 37.8 Å². The highest BCUT2D eigenvalue weighted by atomic mass is 32.2. The number of para-hydroxylation sites is 1. The highest BCUT2D eigenvalue weighted by Crippen LogP contribution is 2.40. The molecule has 3 heterocycles. The Morgan fingerprint density at radius 3 is 2.71 bits per heavy atom. The fourth-order valence-electron chi connectivity index (χ4n) is 4.84. The zero-order valence-corrected chi connectivity index (χ0v) is 21.1. The van der Waals surface area contributed by atoms with Crippen molar-refractivity contribution in [1.82, 2.24) is 5.32 Å². The van der Waals surface area contributed by atoms with Gasteiger partial charge >= 0.3 is 0 Å². The summed E-state index contributed by atoms with van der Waals surface area (Å²) in [5.74, 6) is -0.694. The first-order valence-corrected chi connectivity index (χ1v) is 14.3. The molecular weight excluding hydrogens is 488 g/mol. The third-order valence-electron chi connectivity index (χ3n) is 6.71. The van der Waals surface area contributed by atoms with Crippen molar-refractivity contribution in [1.29, 1.82) is 0 Å². The van der Waals surface area contributed by atoms with Crippen LogP contribution in [0.3, 0.4) is 0 Å². The van der Waals surface area contributed by atoms with E-state index >= 15 is 0 Å². The van der Waals surface area contributed by atoms with Gasteiger partial charge in [0.05, 0.1) is 22.5 Å². The Balaban J connectivity index is 1.48. The van der Waals surface area contributed by atoms with Gasteiger partial charge in [0, 0.05) is 17.0 Å². The summed E-state index contributed by atoms with van der Waals surface area (Å²) in [6, 6.07) is 5.92. The molecule has 0 spiro atoms. The molecule has 2 aliphatic rings. The summed E-state index contributed by atoms with van der Waals surface area (Å²) in [6.45, 7) is 3.95. The van der Waals surface area contributed by atoms with E-state index in [-0.39, 0.29) is 28.6 Å². The second-order valence-electron chi connectivity index (χ2n) is 9.51. The van der Waals surface area contributed by atoms with Crippen molar-refractivity contribution in [3.63, 3.8) is 0 Å². The Bertz CT molecular complexity index is 1520. The molecule has 0 saturated carbocycles. The van der Waals surface area contributed by atoms with Gasteiger partial charge in [-0.1, -0.05) is 19.1 Å². The summed E-state index contributed by atoms with van der Waals surface area (Å²) in [6.07, 6.45) is 2.81. The van der Waals surface area contributed by atoms with Gasteiger partial charge in [-0.15, -0.1) is 11.3 Å². The van der Waals surface area contributed by atoms with Crippen molar-refractivity contribution in [3.8, 4) is 0 Å². The van der Waals surface area contributed by atoms with Gasteiger partial charge in [-0.25, -0.2) is 8.42 Å². The molecule has 1 aliphatic heterocycles. The Hall–Kier alpha value is -2.98. The summed E-state index contributed by atoms with van der Waals surface area (Å²) in [4.78, 5) is 40.1. The average Bonchev–Trinajstić information content (AvgIpc) is 3.32. The van der Waals surface area contributed by atoms with Crippen LogP contribution >= 0.6 is 11.3 Å². The molecule has 0 bridgehead atoms. The lowest BCUT2D eigenvalue weighted by atomic mass is 9.88. The van der Waals surface area contributed by atoms with E-state index in [1.807, 2.05) is 0 Å². The van der Waals surface area contributed by atoms with Crippen molar-refractivity contribution in [2.75, 3.05) is 16.8 Å². The minimum absolute atomic E-state index is 0.0568. The summed E-state index contributed by atoms with van der Waals surface area (Å²) in [5.41, 5.74) is 2.05. The third-order valence-corrected chi connectivity index (χ3v) is 9.65. The summed E-state index contributed by atoms with van der Waals surface area (Å²) in [7, 11) is -3.15. The van der Waals surface area contributed by atoms with E-state index < -0.39 is 21.8 Å². The number of thiophene rings is 1. The smallest absolute Gasteiger partial charge is 0.292 e. The fourth-order valence-corrected chi connectivity index (χ4v) is 7.92. The average molecular weight is 515 g/mol. The minimum atomic E-state index is -3.15. The zero-order chi connectivity index (χ0) is 24.9. The predicted octanol–water partition coefficient (Wildman–Crippen LogP) is 3.46. The molecule has 35 heavy (non-hydrogen) atoms. The van der Waals surface area contributed by atoms with Crippen LogP contribution in [0.2, 0.25) is 0 Å². The van der Waals surface area contributed by atoms with E-state index in [4.69, 9.17) is 4.42 Å². The minimum Gasteiger partial charge on any atom is -0.450 e. The van der Waals surface area contributed by atoms with Crippen LogP contribution in [-0.2, 0) is 22.7 Å². The molecule has 3 aromatic rings. The van der Waals surface area contributed by atoms with E-state index in [2.05, 4.69) is 17.6 Å². The second kappa shape index (κ2) is 8.91. The number of rotatable bonds is 4. The molecule has 1 saturated heterocycles.